The van der Waals surface area contributed by atoms with Crippen LogP contribution in [-0.4, -0.2) is 13.2 Å². The number of hydrogen-bond acceptors (Lipinski definition) is 5. The minimum absolute atomic E-state index is 0.594. The molecular weight excluding hydrogens is 701 g/mol. The smallest absolute Gasteiger partial charge is 0.135 e. The molecule has 1 aliphatic carbocycles. The molecular formula is C49H52O3S2. The number of fused-ring (bicyclic) bond motifs is 9. The van der Waals surface area contributed by atoms with Gasteiger partial charge in [0.15, 0.2) is 0 Å². The average molecular weight is 753 g/mol. The molecule has 0 saturated carbocycles. The topological polar surface area (TPSA) is 27.7 Å². The van der Waals surface area contributed by atoms with Crippen LogP contribution in [0.25, 0.3) is 32.0 Å². The molecule has 2 aromatic heterocycles. The maximum atomic E-state index is 6.97. The van der Waals surface area contributed by atoms with Crippen LogP contribution in [0.3, 0.4) is 0 Å². The summed E-state index contributed by atoms with van der Waals surface area (Å²) in [4.78, 5) is 2.54. The standard InChI is InChI=1S/C49H52O3S2/c1-3-5-7-9-11-13-27-50-37-21-25-41-45(33-37)52-46-34-38(51-28-14-12-10-8-6-4-2)22-26-42(46)49(41)43-31-35(47-17-15-29-53-47)19-23-39(43)40-24-20-36(32-44(40)49)48-18-16-30-54-48/h15-26,29-34H,3-14,27-28H2,1-2H3. The molecule has 3 nitrogen and oxygen atoms in total. The lowest BCUT2D eigenvalue weighted by Gasteiger charge is -2.40. The lowest BCUT2D eigenvalue weighted by molar-refractivity contribution is 0.300. The Morgan fingerprint density at radius 3 is 1.39 bits per heavy atom. The highest BCUT2D eigenvalue weighted by atomic mass is 32.1. The van der Waals surface area contributed by atoms with Gasteiger partial charge < -0.3 is 14.2 Å². The number of unbranched alkanes of at least 4 members (excludes halogenated alkanes) is 10. The average Bonchev–Trinajstić information content (AvgIpc) is 3.99. The van der Waals surface area contributed by atoms with Crippen LogP contribution in [0.15, 0.2) is 108 Å². The third-order valence-electron chi connectivity index (χ3n) is 11.2. The zero-order valence-electron chi connectivity index (χ0n) is 31.8. The van der Waals surface area contributed by atoms with Crippen molar-refractivity contribution >= 4 is 22.7 Å². The minimum atomic E-state index is -0.594. The fraction of sp³-hybridized carbons (Fsp3) is 0.347. The largest absolute Gasteiger partial charge is 0.493 e. The highest BCUT2D eigenvalue weighted by Gasteiger charge is 2.51. The molecule has 6 aromatic rings. The Bertz CT molecular complexity index is 1990. The van der Waals surface area contributed by atoms with Crippen molar-refractivity contribution in [2.75, 3.05) is 13.2 Å². The fourth-order valence-corrected chi connectivity index (χ4v) is 9.93. The van der Waals surface area contributed by atoms with Crippen molar-refractivity contribution in [2.24, 2.45) is 0 Å². The number of ether oxygens (including phenoxy) is 3. The van der Waals surface area contributed by atoms with E-state index in [-0.39, 0.29) is 0 Å². The normalized spacial score (nSPS) is 13.2. The van der Waals surface area contributed by atoms with Crippen molar-refractivity contribution in [1.82, 2.24) is 0 Å². The first-order valence-corrected chi connectivity index (χ1v) is 22.1. The van der Waals surface area contributed by atoms with Gasteiger partial charge in [0.2, 0.25) is 0 Å². The molecule has 0 atom stereocenters. The van der Waals surface area contributed by atoms with E-state index in [1.54, 1.807) is 22.7 Å². The summed E-state index contributed by atoms with van der Waals surface area (Å²) in [7, 11) is 0. The molecule has 8 rings (SSSR count). The summed E-state index contributed by atoms with van der Waals surface area (Å²) in [5.41, 5.74) is 9.30. The van der Waals surface area contributed by atoms with Gasteiger partial charge in [-0.25, -0.2) is 0 Å². The Kier molecular flexibility index (Phi) is 11.5. The van der Waals surface area contributed by atoms with Gasteiger partial charge in [0.1, 0.15) is 23.0 Å². The summed E-state index contributed by atoms with van der Waals surface area (Å²) in [6.07, 6.45) is 14.8. The van der Waals surface area contributed by atoms with E-state index in [2.05, 4.69) is 122 Å². The van der Waals surface area contributed by atoms with Crippen LogP contribution in [-0.2, 0) is 5.41 Å². The lowest BCUT2D eigenvalue weighted by atomic mass is 9.65. The molecule has 5 heteroatoms. The summed E-state index contributed by atoms with van der Waals surface area (Å²) in [5, 5.41) is 4.33. The van der Waals surface area contributed by atoms with Gasteiger partial charge in [0.05, 0.1) is 18.6 Å². The fourth-order valence-electron chi connectivity index (χ4n) is 8.48. The van der Waals surface area contributed by atoms with Crippen molar-refractivity contribution < 1.29 is 14.2 Å². The van der Waals surface area contributed by atoms with Crippen LogP contribution >= 0.6 is 22.7 Å². The first kappa shape index (κ1) is 36.6. The molecule has 3 heterocycles. The molecule has 0 radical (unpaired) electrons. The molecule has 0 fully saturated rings. The van der Waals surface area contributed by atoms with Gasteiger partial charge in [0.25, 0.3) is 0 Å². The van der Waals surface area contributed by atoms with Crippen LogP contribution in [0.5, 0.6) is 23.0 Å². The van der Waals surface area contributed by atoms with E-state index in [9.17, 15) is 0 Å². The Morgan fingerprint density at radius 2 is 0.944 bits per heavy atom. The van der Waals surface area contributed by atoms with Gasteiger partial charge in [-0.2, -0.15) is 0 Å². The van der Waals surface area contributed by atoms with E-state index < -0.39 is 5.41 Å². The summed E-state index contributed by atoms with van der Waals surface area (Å²) < 4.78 is 19.8. The van der Waals surface area contributed by atoms with Gasteiger partial charge in [-0.15, -0.1) is 22.7 Å². The summed E-state index contributed by atoms with van der Waals surface area (Å²) in [6.45, 7) is 5.95. The molecule has 278 valence electrons. The summed E-state index contributed by atoms with van der Waals surface area (Å²) >= 11 is 3.58. The SMILES string of the molecule is CCCCCCCCOc1ccc2c(c1)Oc1cc(OCCCCCCCC)ccc1C21c2cc(-c3cccs3)ccc2-c2ccc(-c3cccs3)cc21. The second-order valence-electron chi connectivity index (χ2n) is 14.9. The first-order valence-electron chi connectivity index (χ1n) is 20.3. The molecule has 0 bridgehead atoms. The van der Waals surface area contributed by atoms with E-state index in [0.29, 0.717) is 13.2 Å². The van der Waals surface area contributed by atoms with Crippen molar-refractivity contribution in [3.05, 3.63) is 130 Å². The Hall–Kier alpha value is -4.32. The maximum absolute atomic E-state index is 6.97. The second-order valence-corrected chi connectivity index (χ2v) is 16.8. The molecule has 2 aliphatic rings. The highest BCUT2D eigenvalue weighted by molar-refractivity contribution is 7.13. The van der Waals surface area contributed by atoms with Gasteiger partial charge in [-0.3, -0.25) is 0 Å². The van der Waals surface area contributed by atoms with E-state index in [1.165, 1.54) is 107 Å². The van der Waals surface area contributed by atoms with Crippen molar-refractivity contribution in [2.45, 2.75) is 96.3 Å². The second kappa shape index (κ2) is 17.0. The summed E-state index contributed by atoms with van der Waals surface area (Å²) in [5.74, 6) is 3.40. The molecule has 0 amide bonds. The molecule has 4 aromatic carbocycles. The Labute approximate surface area is 330 Å². The van der Waals surface area contributed by atoms with Gasteiger partial charge in [-0.05, 0) is 93.4 Å². The number of thiophene rings is 2. The number of rotatable bonds is 18. The van der Waals surface area contributed by atoms with Crippen LogP contribution in [0.4, 0.5) is 0 Å². The molecule has 1 aliphatic heterocycles. The van der Waals surface area contributed by atoms with E-state index in [0.717, 1.165) is 47.0 Å². The van der Waals surface area contributed by atoms with E-state index in [4.69, 9.17) is 14.2 Å². The molecule has 0 saturated heterocycles. The predicted molar refractivity (Wildman–Crippen MR) is 228 cm³/mol. The van der Waals surface area contributed by atoms with Crippen molar-refractivity contribution in [1.29, 1.82) is 0 Å². The molecule has 54 heavy (non-hydrogen) atoms. The van der Waals surface area contributed by atoms with E-state index >= 15 is 0 Å². The Balaban J connectivity index is 1.22. The number of hydrogen-bond donors (Lipinski definition) is 0. The van der Waals surface area contributed by atoms with Crippen LogP contribution in [0.2, 0.25) is 0 Å². The van der Waals surface area contributed by atoms with E-state index in [1.807, 2.05) is 0 Å². The minimum Gasteiger partial charge on any atom is -0.493 e. The van der Waals surface area contributed by atoms with Gasteiger partial charge in [-0.1, -0.05) is 127 Å². The third-order valence-corrected chi connectivity index (χ3v) is 13.1. The van der Waals surface area contributed by atoms with Crippen molar-refractivity contribution in [3.8, 4) is 55.0 Å². The van der Waals surface area contributed by atoms with Gasteiger partial charge >= 0.3 is 0 Å². The predicted octanol–water partition coefficient (Wildman–Crippen LogP) is 15.1. The van der Waals surface area contributed by atoms with Crippen LogP contribution in [0, 0.1) is 0 Å². The lowest BCUT2D eigenvalue weighted by Crippen LogP contribution is -2.32. The zero-order chi connectivity index (χ0) is 36.7. The maximum Gasteiger partial charge on any atom is 0.135 e. The monoisotopic (exact) mass is 752 g/mol. The summed E-state index contributed by atoms with van der Waals surface area (Å²) in [6, 6.07) is 36.0. The Morgan fingerprint density at radius 1 is 0.481 bits per heavy atom. The third kappa shape index (κ3) is 7.25. The first-order chi connectivity index (χ1) is 26.7. The molecule has 0 unspecified atom stereocenters. The molecule has 1 spiro atoms. The zero-order valence-corrected chi connectivity index (χ0v) is 33.5. The quantitative estimate of drug-likeness (QED) is 0.0817. The van der Waals surface area contributed by atoms with Gasteiger partial charge in [0, 0.05) is 33.0 Å². The van der Waals surface area contributed by atoms with Crippen molar-refractivity contribution in [3.63, 3.8) is 0 Å². The van der Waals surface area contributed by atoms with Crippen LogP contribution in [0.1, 0.15) is 113 Å². The highest BCUT2D eigenvalue weighted by Crippen LogP contribution is 2.63. The number of benzene rings is 4. The molecule has 0 N–H and O–H groups in total. The van der Waals surface area contributed by atoms with Crippen LogP contribution < -0.4 is 14.2 Å².